The Morgan fingerprint density at radius 3 is 2.93 bits per heavy atom. The van der Waals surface area contributed by atoms with Gasteiger partial charge < -0.3 is 10.2 Å². The van der Waals surface area contributed by atoms with Crippen LogP contribution in [0.5, 0.6) is 0 Å². The molecular weight excluding hydrogens is 338 g/mol. The standard InChI is InChI=1S/C21H27N5O/c1-14-17(10-11-20(27)25-12-6-7-16(25)13-22-3)15(2)26-21(23-14)18-8-4-5-9-19(18)24-26/h4-5,8-9,16,22H,6-7,10-13H2,1-3H3. The van der Waals surface area contributed by atoms with E-state index in [1.807, 2.05) is 36.7 Å². The Kier molecular flexibility index (Phi) is 4.83. The SMILES string of the molecule is CNCC1CCCN1C(=O)CCc1c(C)nc2c3ccccc3nn2c1C. The lowest BCUT2D eigenvalue weighted by molar-refractivity contribution is -0.131. The van der Waals surface area contributed by atoms with Crippen molar-refractivity contribution >= 4 is 22.5 Å². The Bertz CT molecular complexity index is 993. The number of hydrogen-bond donors (Lipinski definition) is 1. The van der Waals surface area contributed by atoms with E-state index in [1.165, 1.54) is 0 Å². The highest BCUT2D eigenvalue weighted by atomic mass is 16.2. The molecular formula is C21H27N5O. The van der Waals surface area contributed by atoms with Crippen molar-refractivity contribution in [3.05, 3.63) is 41.2 Å². The monoisotopic (exact) mass is 365 g/mol. The topological polar surface area (TPSA) is 62.5 Å². The summed E-state index contributed by atoms with van der Waals surface area (Å²) >= 11 is 0. The largest absolute Gasteiger partial charge is 0.338 e. The third-order valence-corrected chi connectivity index (χ3v) is 5.74. The molecule has 0 saturated carbocycles. The van der Waals surface area contributed by atoms with E-state index in [0.29, 0.717) is 18.9 Å². The average molecular weight is 365 g/mol. The Labute approximate surface area is 159 Å². The lowest BCUT2D eigenvalue weighted by atomic mass is 10.1. The van der Waals surface area contributed by atoms with Gasteiger partial charge in [0.15, 0.2) is 5.65 Å². The van der Waals surface area contributed by atoms with Crippen molar-refractivity contribution in [1.82, 2.24) is 24.8 Å². The molecule has 4 rings (SSSR count). The first-order valence-electron chi connectivity index (χ1n) is 9.77. The van der Waals surface area contributed by atoms with Crippen molar-refractivity contribution in [3.8, 4) is 0 Å². The summed E-state index contributed by atoms with van der Waals surface area (Å²) < 4.78 is 1.93. The average Bonchev–Trinajstić information content (AvgIpc) is 3.27. The molecule has 27 heavy (non-hydrogen) atoms. The van der Waals surface area contributed by atoms with Gasteiger partial charge in [0.05, 0.1) is 5.52 Å². The molecule has 1 saturated heterocycles. The van der Waals surface area contributed by atoms with Crippen LogP contribution in [0.4, 0.5) is 0 Å². The summed E-state index contributed by atoms with van der Waals surface area (Å²) in [6.07, 6.45) is 3.43. The molecule has 1 fully saturated rings. The van der Waals surface area contributed by atoms with Gasteiger partial charge in [-0.3, -0.25) is 4.79 Å². The number of aryl methyl sites for hydroxylation is 2. The molecule has 1 aromatic carbocycles. The fourth-order valence-electron chi connectivity index (χ4n) is 4.33. The van der Waals surface area contributed by atoms with Gasteiger partial charge in [-0.05, 0) is 57.9 Å². The van der Waals surface area contributed by atoms with E-state index in [2.05, 4.69) is 23.2 Å². The maximum absolute atomic E-state index is 12.8. The molecule has 2 aromatic heterocycles. The predicted molar refractivity (Wildman–Crippen MR) is 107 cm³/mol. The number of hydrogen-bond acceptors (Lipinski definition) is 4. The van der Waals surface area contributed by atoms with Crippen LogP contribution in [0.25, 0.3) is 16.6 Å². The first kappa shape index (κ1) is 17.9. The zero-order valence-electron chi connectivity index (χ0n) is 16.3. The second kappa shape index (κ2) is 7.27. The molecule has 1 aliphatic rings. The van der Waals surface area contributed by atoms with Crippen LogP contribution in [0.1, 0.15) is 36.2 Å². The third-order valence-electron chi connectivity index (χ3n) is 5.74. The number of fused-ring (bicyclic) bond motifs is 3. The molecule has 0 spiro atoms. The number of benzene rings is 1. The lowest BCUT2D eigenvalue weighted by Gasteiger charge is -2.24. The van der Waals surface area contributed by atoms with Gasteiger partial charge in [-0.15, -0.1) is 0 Å². The molecule has 1 unspecified atom stereocenters. The molecule has 1 amide bonds. The lowest BCUT2D eigenvalue weighted by Crippen LogP contribution is -2.40. The Balaban J connectivity index is 1.59. The number of amides is 1. The molecule has 1 N–H and O–H groups in total. The van der Waals surface area contributed by atoms with E-state index < -0.39 is 0 Å². The second-order valence-corrected chi connectivity index (χ2v) is 7.45. The highest BCUT2D eigenvalue weighted by Crippen LogP contribution is 2.24. The number of likely N-dealkylation sites (tertiary alicyclic amines) is 1. The Morgan fingerprint density at radius 1 is 1.30 bits per heavy atom. The molecule has 1 atom stereocenters. The van der Waals surface area contributed by atoms with Crippen LogP contribution in [0.3, 0.4) is 0 Å². The van der Waals surface area contributed by atoms with Crippen LogP contribution in [-0.4, -0.2) is 51.6 Å². The van der Waals surface area contributed by atoms with Crippen molar-refractivity contribution in [1.29, 1.82) is 0 Å². The summed E-state index contributed by atoms with van der Waals surface area (Å²) in [5.41, 5.74) is 5.05. The van der Waals surface area contributed by atoms with Crippen molar-refractivity contribution in [2.45, 2.75) is 45.6 Å². The summed E-state index contributed by atoms with van der Waals surface area (Å²) in [6, 6.07) is 8.41. The van der Waals surface area contributed by atoms with Gasteiger partial charge in [-0.2, -0.15) is 5.10 Å². The predicted octanol–water partition coefficient (Wildman–Crippen LogP) is 2.64. The molecule has 6 heteroatoms. The molecule has 0 aliphatic carbocycles. The van der Waals surface area contributed by atoms with Crippen molar-refractivity contribution in [2.24, 2.45) is 0 Å². The number of carbonyl (C=O) groups excluding carboxylic acids is 1. The first-order chi connectivity index (χ1) is 13.1. The number of likely N-dealkylation sites (N-methyl/N-ethyl adjacent to an activating group) is 1. The molecule has 0 bridgehead atoms. The van der Waals surface area contributed by atoms with Gasteiger partial charge in [0.25, 0.3) is 0 Å². The summed E-state index contributed by atoms with van der Waals surface area (Å²) in [5, 5.41) is 8.98. The minimum absolute atomic E-state index is 0.247. The molecule has 6 nitrogen and oxygen atoms in total. The fraction of sp³-hybridized carbons (Fsp3) is 0.476. The van der Waals surface area contributed by atoms with Crippen LogP contribution < -0.4 is 5.32 Å². The van der Waals surface area contributed by atoms with Gasteiger partial charge in [-0.25, -0.2) is 9.50 Å². The minimum atomic E-state index is 0.247. The summed E-state index contributed by atoms with van der Waals surface area (Å²) in [4.78, 5) is 19.6. The summed E-state index contributed by atoms with van der Waals surface area (Å²) in [5.74, 6) is 0.247. The van der Waals surface area contributed by atoms with E-state index in [-0.39, 0.29) is 5.91 Å². The zero-order chi connectivity index (χ0) is 19.0. The number of nitrogens with one attached hydrogen (secondary N) is 1. The highest BCUT2D eigenvalue weighted by Gasteiger charge is 2.28. The highest BCUT2D eigenvalue weighted by molar-refractivity contribution is 5.92. The second-order valence-electron chi connectivity index (χ2n) is 7.45. The van der Waals surface area contributed by atoms with E-state index in [4.69, 9.17) is 10.1 Å². The van der Waals surface area contributed by atoms with E-state index in [0.717, 1.165) is 59.4 Å². The molecule has 142 valence electrons. The van der Waals surface area contributed by atoms with Gasteiger partial charge in [0, 0.05) is 42.3 Å². The number of rotatable bonds is 5. The summed E-state index contributed by atoms with van der Waals surface area (Å²) in [7, 11) is 1.95. The van der Waals surface area contributed by atoms with Gasteiger partial charge in [0.1, 0.15) is 0 Å². The molecule has 1 aliphatic heterocycles. The maximum atomic E-state index is 12.8. The van der Waals surface area contributed by atoms with Crippen molar-refractivity contribution < 1.29 is 4.79 Å². The molecule has 3 heterocycles. The minimum Gasteiger partial charge on any atom is -0.338 e. The normalized spacial score (nSPS) is 17.3. The van der Waals surface area contributed by atoms with Crippen molar-refractivity contribution in [3.63, 3.8) is 0 Å². The smallest absolute Gasteiger partial charge is 0.223 e. The fourth-order valence-corrected chi connectivity index (χ4v) is 4.33. The van der Waals surface area contributed by atoms with E-state index >= 15 is 0 Å². The van der Waals surface area contributed by atoms with Crippen LogP contribution in [0, 0.1) is 13.8 Å². The Hall–Kier alpha value is -2.47. The quantitative estimate of drug-likeness (QED) is 0.755. The molecule has 0 radical (unpaired) electrons. The molecule has 3 aromatic rings. The first-order valence-corrected chi connectivity index (χ1v) is 9.77. The summed E-state index contributed by atoms with van der Waals surface area (Å²) in [6.45, 7) is 5.86. The Morgan fingerprint density at radius 2 is 2.11 bits per heavy atom. The number of carbonyl (C=O) groups is 1. The number of nitrogens with zero attached hydrogens (tertiary/aromatic N) is 4. The maximum Gasteiger partial charge on any atom is 0.223 e. The van der Waals surface area contributed by atoms with Gasteiger partial charge in [0.2, 0.25) is 5.91 Å². The van der Waals surface area contributed by atoms with Crippen LogP contribution in [0.2, 0.25) is 0 Å². The van der Waals surface area contributed by atoms with Crippen LogP contribution >= 0.6 is 0 Å². The van der Waals surface area contributed by atoms with Crippen LogP contribution in [-0.2, 0) is 11.2 Å². The van der Waals surface area contributed by atoms with E-state index in [1.54, 1.807) is 0 Å². The van der Waals surface area contributed by atoms with Crippen LogP contribution in [0.15, 0.2) is 24.3 Å². The van der Waals surface area contributed by atoms with E-state index in [9.17, 15) is 4.79 Å². The zero-order valence-corrected chi connectivity index (χ0v) is 16.3. The van der Waals surface area contributed by atoms with Crippen molar-refractivity contribution in [2.75, 3.05) is 20.1 Å². The van der Waals surface area contributed by atoms with Gasteiger partial charge >= 0.3 is 0 Å². The third kappa shape index (κ3) is 3.18. The van der Waals surface area contributed by atoms with Gasteiger partial charge in [-0.1, -0.05) is 12.1 Å². The number of aromatic nitrogens is 3.